The highest BCUT2D eigenvalue weighted by molar-refractivity contribution is 6.12. The van der Waals surface area contributed by atoms with Crippen molar-refractivity contribution in [3.8, 4) is 44.5 Å². The quantitative estimate of drug-likeness (QED) is 0.154. The summed E-state index contributed by atoms with van der Waals surface area (Å²) in [6.07, 6.45) is 1.86. The molecule has 0 fully saturated rings. The van der Waals surface area contributed by atoms with Crippen molar-refractivity contribution in [2.45, 2.75) is 46.0 Å². The van der Waals surface area contributed by atoms with E-state index in [9.17, 15) is 0 Å². The van der Waals surface area contributed by atoms with Gasteiger partial charge in [0.2, 0.25) is 0 Å². The van der Waals surface area contributed by atoms with Crippen molar-refractivity contribution < 1.29 is 4.42 Å². The lowest BCUT2D eigenvalue weighted by Crippen LogP contribution is -2.15. The van der Waals surface area contributed by atoms with Crippen molar-refractivity contribution in [3.63, 3.8) is 0 Å². The van der Waals surface area contributed by atoms with Gasteiger partial charge in [-0.05, 0) is 117 Å². The van der Waals surface area contributed by atoms with E-state index in [2.05, 4.69) is 202 Å². The summed E-state index contributed by atoms with van der Waals surface area (Å²) in [4.78, 5) is 2.51. The molecule has 2 heteroatoms. The Morgan fingerprint density at radius 2 is 1.09 bits per heavy atom. The number of rotatable bonds is 8. The molecule has 1 aliphatic carbocycles. The lowest BCUT2D eigenvalue weighted by molar-refractivity contribution is 0.660. The Morgan fingerprint density at radius 1 is 0.456 bits per heavy atom. The third kappa shape index (κ3) is 5.62. The molecule has 0 saturated heterocycles. The van der Waals surface area contributed by atoms with E-state index in [-0.39, 0.29) is 5.41 Å². The number of fused-ring (bicyclic) bond motifs is 6. The molecule has 9 aromatic rings. The van der Waals surface area contributed by atoms with E-state index in [1.807, 2.05) is 6.07 Å². The van der Waals surface area contributed by atoms with Crippen LogP contribution in [0.3, 0.4) is 0 Å². The van der Waals surface area contributed by atoms with Gasteiger partial charge >= 0.3 is 0 Å². The molecule has 276 valence electrons. The van der Waals surface area contributed by atoms with Crippen molar-refractivity contribution in [2.75, 3.05) is 4.90 Å². The first kappa shape index (κ1) is 34.8. The molecule has 8 aromatic carbocycles. The van der Waals surface area contributed by atoms with Crippen LogP contribution in [0, 0.1) is 0 Å². The van der Waals surface area contributed by atoms with Crippen LogP contribution in [0.4, 0.5) is 17.1 Å². The van der Waals surface area contributed by atoms with Gasteiger partial charge in [-0.1, -0.05) is 161 Å². The summed E-state index contributed by atoms with van der Waals surface area (Å²) in [6.45, 7) is 9.25. The van der Waals surface area contributed by atoms with Crippen molar-refractivity contribution in [1.82, 2.24) is 0 Å². The highest BCUT2D eigenvalue weighted by atomic mass is 16.3. The van der Waals surface area contributed by atoms with Gasteiger partial charge in [-0.25, -0.2) is 0 Å². The second-order valence-electron chi connectivity index (χ2n) is 15.8. The van der Waals surface area contributed by atoms with Gasteiger partial charge in [-0.15, -0.1) is 0 Å². The summed E-state index contributed by atoms with van der Waals surface area (Å²) in [7, 11) is 0. The van der Waals surface area contributed by atoms with E-state index in [0.29, 0.717) is 0 Å². The third-order valence-corrected chi connectivity index (χ3v) is 12.3. The van der Waals surface area contributed by atoms with Gasteiger partial charge in [-0.3, -0.25) is 0 Å². The van der Waals surface area contributed by atoms with E-state index in [1.165, 1.54) is 61.3 Å². The summed E-state index contributed by atoms with van der Waals surface area (Å²) >= 11 is 0. The lowest BCUT2D eigenvalue weighted by atomic mass is 9.82. The number of anilines is 3. The molecule has 10 rings (SSSR count). The maximum atomic E-state index is 6.36. The topological polar surface area (TPSA) is 16.4 Å². The Bertz CT molecular complexity index is 2980. The number of nitrogens with zero attached hydrogens (tertiary/aromatic N) is 1. The summed E-state index contributed by atoms with van der Waals surface area (Å²) in [6, 6.07) is 64.6. The molecule has 0 N–H and O–H groups in total. The van der Waals surface area contributed by atoms with E-state index < -0.39 is 0 Å². The number of hydrogen-bond donors (Lipinski definition) is 0. The zero-order chi connectivity index (χ0) is 38.7. The van der Waals surface area contributed by atoms with Crippen LogP contribution in [0.2, 0.25) is 0 Å². The second-order valence-corrected chi connectivity index (χ2v) is 15.8. The Hall–Kier alpha value is -6.64. The van der Waals surface area contributed by atoms with Crippen molar-refractivity contribution in [2.24, 2.45) is 0 Å². The van der Waals surface area contributed by atoms with Crippen LogP contribution in [-0.2, 0) is 18.3 Å². The van der Waals surface area contributed by atoms with Crippen molar-refractivity contribution in [3.05, 3.63) is 198 Å². The van der Waals surface area contributed by atoms with Crippen LogP contribution in [0.5, 0.6) is 0 Å². The fourth-order valence-electron chi connectivity index (χ4n) is 9.54. The van der Waals surface area contributed by atoms with E-state index in [1.54, 1.807) is 0 Å². The van der Waals surface area contributed by atoms with Crippen LogP contribution < -0.4 is 4.90 Å². The van der Waals surface area contributed by atoms with E-state index in [0.717, 1.165) is 57.3 Å². The molecule has 0 bridgehead atoms. The molecule has 0 saturated carbocycles. The maximum Gasteiger partial charge on any atom is 0.136 e. The SMILES string of the molecule is CCc1ccccc1-c1cccc(N(c2cccc(-c3cccc4oc5ccccc5c34)c2)c2ccccc2-c2ccc3c(c2)-c2ccccc2C3(C)C)c1CC. The Morgan fingerprint density at radius 3 is 1.95 bits per heavy atom. The average Bonchev–Trinajstić information content (AvgIpc) is 3.76. The van der Waals surface area contributed by atoms with Gasteiger partial charge in [-0.2, -0.15) is 0 Å². The fraction of sp³-hybridized carbons (Fsp3) is 0.127. The van der Waals surface area contributed by atoms with Gasteiger partial charge in [0, 0.05) is 33.1 Å². The molecule has 1 heterocycles. The van der Waals surface area contributed by atoms with Crippen molar-refractivity contribution in [1.29, 1.82) is 0 Å². The monoisotopic (exact) mass is 735 g/mol. The fourth-order valence-corrected chi connectivity index (χ4v) is 9.54. The molecule has 0 atom stereocenters. The molecular weight excluding hydrogens is 691 g/mol. The second kappa shape index (κ2) is 13.8. The highest BCUT2D eigenvalue weighted by Gasteiger charge is 2.35. The zero-order valence-corrected chi connectivity index (χ0v) is 33.0. The van der Waals surface area contributed by atoms with Crippen LogP contribution in [0.25, 0.3) is 66.4 Å². The number of para-hydroxylation sites is 2. The molecule has 1 aromatic heterocycles. The minimum Gasteiger partial charge on any atom is -0.456 e. The predicted molar refractivity (Wildman–Crippen MR) is 241 cm³/mol. The standard InChI is InChI=1S/C55H45NO/c1-5-36-18-7-8-21-41(36)44-26-16-29-50(40(44)6-2)56(39-20-15-19-37(34-39)43-25-17-31-53-54(43)46-24-11-14-30-52(46)57-53)51-28-13-10-22-42(51)38-32-33-49-47(35-38)45-23-9-12-27-48(45)55(49,3)4/h7-35H,5-6H2,1-4H3. The minimum atomic E-state index is -0.0507. The number of hydrogen-bond acceptors (Lipinski definition) is 2. The molecular formula is C55H45NO. The smallest absolute Gasteiger partial charge is 0.136 e. The number of aryl methyl sites for hydroxylation is 1. The molecule has 0 radical (unpaired) electrons. The summed E-state index contributed by atoms with van der Waals surface area (Å²) < 4.78 is 6.36. The van der Waals surface area contributed by atoms with Gasteiger partial charge in [0.15, 0.2) is 0 Å². The molecule has 2 nitrogen and oxygen atoms in total. The van der Waals surface area contributed by atoms with Gasteiger partial charge in [0.05, 0.1) is 5.69 Å². The highest BCUT2D eigenvalue weighted by Crippen LogP contribution is 2.51. The van der Waals surface area contributed by atoms with Crippen LogP contribution in [0.15, 0.2) is 180 Å². The average molecular weight is 736 g/mol. The first-order valence-corrected chi connectivity index (χ1v) is 20.3. The summed E-state index contributed by atoms with van der Waals surface area (Å²) in [5.41, 5.74) is 20.6. The summed E-state index contributed by atoms with van der Waals surface area (Å²) in [5.74, 6) is 0. The number of furan rings is 1. The van der Waals surface area contributed by atoms with Crippen LogP contribution in [0.1, 0.15) is 49.9 Å². The summed E-state index contributed by atoms with van der Waals surface area (Å²) in [5, 5.41) is 2.28. The van der Waals surface area contributed by atoms with Gasteiger partial charge in [0.1, 0.15) is 11.2 Å². The number of benzene rings is 8. The predicted octanol–water partition coefficient (Wildman–Crippen LogP) is 15.5. The molecule has 1 aliphatic rings. The third-order valence-electron chi connectivity index (χ3n) is 12.3. The van der Waals surface area contributed by atoms with Crippen LogP contribution in [-0.4, -0.2) is 0 Å². The Balaban J connectivity index is 1.21. The molecule has 0 aliphatic heterocycles. The first-order chi connectivity index (χ1) is 28.0. The largest absolute Gasteiger partial charge is 0.456 e. The van der Waals surface area contributed by atoms with Gasteiger partial charge in [0.25, 0.3) is 0 Å². The zero-order valence-electron chi connectivity index (χ0n) is 33.0. The molecule has 57 heavy (non-hydrogen) atoms. The minimum absolute atomic E-state index is 0.0507. The molecule has 0 amide bonds. The Kier molecular flexibility index (Phi) is 8.45. The van der Waals surface area contributed by atoms with E-state index in [4.69, 9.17) is 4.42 Å². The molecule has 0 spiro atoms. The van der Waals surface area contributed by atoms with Crippen LogP contribution >= 0.6 is 0 Å². The maximum absolute atomic E-state index is 6.36. The first-order valence-electron chi connectivity index (χ1n) is 20.3. The van der Waals surface area contributed by atoms with Crippen molar-refractivity contribution >= 4 is 39.0 Å². The normalized spacial score (nSPS) is 12.8. The lowest BCUT2D eigenvalue weighted by Gasteiger charge is -2.31. The van der Waals surface area contributed by atoms with E-state index >= 15 is 0 Å². The Labute approximate surface area is 335 Å². The molecule has 0 unspecified atom stereocenters. The van der Waals surface area contributed by atoms with Gasteiger partial charge < -0.3 is 9.32 Å².